The Morgan fingerprint density at radius 3 is 2.44 bits per heavy atom. The van der Waals surface area contributed by atoms with E-state index >= 15 is 0 Å². The van der Waals surface area contributed by atoms with E-state index in [9.17, 15) is 0 Å². The van der Waals surface area contributed by atoms with Crippen LogP contribution in [0.3, 0.4) is 0 Å². The molecule has 0 aromatic carbocycles. The minimum Gasteiger partial charge on any atom is -0.0991 e. The average molecular weight is 240 g/mol. The van der Waals surface area contributed by atoms with Crippen LogP contribution in [0.2, 0.25) is 0 Å². The molecule has 0 nitrogen and oxygen atoms in total. The summed E-state index contributed by atoms with van der Waals surface area (Å²) in [7, 11) is 0. The van der Waals surface area contributed by atoms with Crippen molar-refractivity contribution in [2.24, 2.45) is 5.41 Å². The van der Waals surface area contributed by atoms with E-state index in [0.29, 0.717) is 0 Å². The Hall–Kier alpha value is -1.30. The standard InChI is InChI=1S/C18H24/c1-3-11-16(4-2)18(14-9-6-10-15-18)17-12-7-5-8-13-17/h3-4,7,11-13H,1-2,5-6,8-10,14-15H2/b16-11+. The Balaban J connectivity index is 2.42. The fourth-order valence-electron chi connectivity index (χ4n) is 3.42. The molecule has 0 amide bonds. The first-order valence-corrected chi connectivity index (χ1v) is 7.16. The first-order chi connectivity index (χ1) is 8.83. The SMILES string of the molecule is C=C/C=C(\C=C)C1(C2=CCCC=C2)CCCCC1. The van der Waals surface area contributed by atoms with Crippen molar-refractivity contribution in [3.05, 3.63) is 60.8 Å². The first kappa shape index (κ1) is 13.1. The number of hydrogen-bond donors (Lipinski definition) is 0. The molecule has 0 spiro atoms. The quantitative estimate of drug-likeness (QED) is 0.568. The van der Waals surface area contributed by atoms with Gasteiger partial charge >= 0.3 is 0 Å². The lowest BCUT2D eigenvalue weighted by Gasteiger charge is -2.40. The zero-order valence-electron chi connectivity index (χ0n) is 11.3. The minimum absolute atomic E-state index is 0.213. The van der Waals surface area contributed by atoms with Gasteiger partial charge in [0.2, 0.25) is 0 Å². The summed E-state index contributed by atoms with van der Waals surface area (Å²) in [5.74, 6) is 0. The highest BCUT2D eigenvalue weighted by atomic mass is 14.4. The highest BCUT2D eigenvalue weighted by Crippen LogP contribution is 2.49. The second-order valence-corrected chi connectivity index (χ2v) is 5.34. The molecule has 0 bridgehead atoms. The Kier molecular flexibility index (Phi) is 4.41. The molecule has 0 heteroatoms. The molecule has 18 heavy (non-hydrogen) atoms. The van der Waals surface area contributed by atoms with Crippen molar-refractivity contribution < 1.29 is 0 Å². The molecule has 2 aliphatic rings. The predicted octanol–water partition coefficient (Wildman–Crippen LogP) is 5.51. The molecule has 1 fully saturated rings. The van der Waals surface area contributed by atoms with Gasteiger partial charge in [0.15, 0.2) is 0 Å². The van der Waals surface area contributed by atoms with Gasteiger partial charge in [-0.2, -0.15) is 0 Å². The Morgan fingerprint density at radius 2 is 1.89 bits per heavy atom. The Bertz CT molecular complexity index is 398. The second kappa shape index (κ2) is 6.04. The van der Waals surface area contributed by atoms with Crippen molar-refractivity contribution in [1.82, 2.24) is 0 Å². The molecule has 0 saturated heterocycles. The van der Waals surface area contributed by atoms with E-state index in [1.807, 2.05) is 12.2 Å². The van der Waals surface area contributed by atoms with Crippen LogP contribution in [0.15, 0.2) is 60.8 Å². The van der Waals surface area contributed by atoms with Crippen LogP contribution < -0.4 is 0 Å². The van der Waals surface area contributed by atoms with E-state index < -0.39 is 0 Å². The van der Waals surface area contributed by atoms with Crippen molar-refractivity contribution in [1.29, 1.82) is 0 Å². The van der Waals surface area contributed by atoms with E-state index in [-0.39, 0.29) is 5.41 Å². The van der Waals surface area contributed by atoms with Crippen LogP contribution >= 0.6 is 0 Å². The fraction of sp³-hybridized carbons (Fsp3) is 0.444. The van der Waals surface area contributed by atoms with Gasteiger partial charge in [-0.3, -0.25) is 0 Å². The van der Waals surface area contributed by atoms with E-state index in [4.69, 9.17) is 0 Å². The maximum absolute atomic E-state index is 4.03. The van der Waals surface area contributed by atoms with Gasteiger partial charge in [-0.1, -0.05) is 68.9 Å². The van der Waals surface area contributed by atoms with Crippen molar-refractivity contribution in [3.8, 4) is 0 Å². The topological polar surface area (TPSA) is 0 Å². The number of hydrogen-bond acceptors (Lipinski definition) is 0. The lowest BCUT2D eigenvalue weighted by molar-refractivity contribution is 0.299. The van der Waals surface area contributed by atoms with Crippen LogP contribution in [0.1, 0.15) is 44.9 Å². The third-order valence-electron chi connectivity index (χ3n) is 4.32. The predicted molar refractivity (Wildman–Crippen MR) is 80.5 cm³/mol. The van der Waals surface area contributed by atoms with Crippen molar-refractivity contribution in [2.45, 2.75) is 44.9 Å². The number of rotatable bonds is 4. The summed E-state index contributed by atoms with van der Waals surface area (Å²) in [4.78, 5) is 0. The summed E-state index contributed by atoms with van der Waals surface area (Å²) in [5, 5.41) is 0. The van der Waals surface area contributed by atoms with Gasteiger partial charge < -0.3 is 0 Å². The van der Waals surface area contributed by atoms with Crippen LogP contribution in [0.25, 0.3) is 0 Å². The van der Waals surface area contributed by atoms with Gasteiger partial charge in [-0.05, 0) is 36.8 Å². The van der Waals surface area contributed by atoms with Crippen molar-refractivity contribution in [3.63, 3.8) is 0 Å². The van der Waals surface area contributed by atoms with Gasteiger partial charge in [0.25, 0.3) is 0 Å². The minimum atomic E-state index is 0.213. The third kappa shape index (κ3) is 2.43. The highest BCUT2D eigenvalue weighted by molar-refractivity contribution is 5.43. The highest BCUT2D eigenvalue weighted by Gasteiger charge is 2.36. The molecule has 0 N–H and O–H groups in total. The van der Waals surface area contributed by atoms with Gasteiger partial charge in [0, 0.05) is 5.41 Å². The molecule has 0 aliphatic heterocycles. The van der Waals surface area contributed by atoms with Crippen LogP contribution in [-0.4, -0.2) is 0 Å². The van der Waals surface area contributed by atoms with E-state index in [0.717, 1.165) is 0 Å². The normalized spacial score (nSPS) is 23.3. The Labute approximate surface area is 111 Å². The molecule has 0 atom stereocenters. The van der Waals surface area contributed by atoms with E-state index in [1.54, 1.807) is 0 Å². The lowest BCUT2D eigenvalue weighted by atomic mass is 9.63. The van der Waals surface area contributed by atoms with E-state index in [2.05, 4.69) is 37.5 Å². The molecule has 2 aliphatic carbocycles. The average Bonchev–Trinajstić information content (AvgIpc) is 2.46. The smallest absolute Gasteiger partial charge is 0.0199 e. The largest absolute Gasteiger partial charge is 0.0991 e. The lowest BCUT2D eigenvalue weighted by Crippen LogP contribution is -2.28. The maximum atomic E-state index is 4.03. The molecule has 2 rings (SSSR count). The summed E-state index contributed by atoms with van der Waals surface area (Å²) < 4.78 is 0. The van der Waals surface area contributed by atoms with Gasteiger partial charge in [-0.25, -0.2) is 0 Å². The monoisotopic (exact) mass is 240 g/mol. The fourth-order valence-corrected chi connectivity index (χ4v) is 3.42. The molecule has 0 aromatic heterocycles. The molecule has 96 valence electrons. The molecular weight excluding hydrogens is 216 g/mol. The van der Waals surface area contributed by atoms with Crippen LogP contribution in [0, 0.1) is 5.41 Å². The molecule has 0 unspecified atom stereocenters. The molecule has 0 aromatic rings. The van der Waals surface area contributed by atoms with Gasteiger partial charge in [-0.15, -0.1) is 0 Å². The third-order valence-corrected chi connectivity index (χ3v) is 4.32. The number of allylic oxidation sites excluding steroid dienone is 8. The van der Waals surface area contributed by atoms with Crippen molar-refractivity contribution in [2.75, 3.05) is 0 Å². The van der Waals surface area contributed by atoms with Crippen LogP contribution in [0.4, 0.5) is 0 Å². The molecular formula is C18H24. The molecule has 1 saturated carbocycles. The summed E-state index contributed by atoms with van der Waals surface area (Å²) in [5.41, 5.74) is 3.09. The zero-order valence-corrected chi connectivity index (χ0v) is 11.3. The summed E-state index contributed by atoms with van der Waals surface area (Å²) in [6, 6.07) is 0. The van der Waals surface area contributed by atoms with Crippen molar-refractivity contribution >= 4 is 0 Å². The van der Waals surface area contributed by atoms with Crippen LogP contribution in [0.5, 0.6) is 0 Å². The molecule has 0 heterocycles. The van der Waals surface area contributed by atoms with Crippen LogP contribution in [-0.2, 0) is 0 Å². The summed E-state index contributed by atoms with van der Waals surface area (Å²) >= 11 is 0. The summed E-state index contributed by atoms with van der Waals surface area (Å²) in [6.07, 6.45) is 22.1. The second-order valence-electron chi connectivity index (χ2n) is 5.34. The van der Waals surface area contributed by atoms with E-state index in [1.165, 1.54) is 56.1 Å². The van der Waals surface area contributed by atoms with Gasteiger partial charge in [0.05, 0.1) is 0 Å². The maximum Gasteiger partial charge on any atom is 0.0199 e. The zero-order chi connectivity index (χ0) is 12.8. The van der Waals surface area contributed by atoms with Gasteiger partial charge in [0.1, 0.15) is 0 Å². The summed E-state index contributed by atoms with van der Waals surface area (Å²) in [6.45, 7) is 7.89. The molecule has 0 radical (unpaired) electrons. The Morgan fingerprint density at radius 1 is 1.11 bits per heavy atom. The first-order valence-electron chi connectivity index (χ1n) is 7.16.